The summed E-state index contributed by atoms with van der Waals surface area (Å²) in [6.45, 7) is 0. The number of oxazole rings is 1. The molecule has 0 radical (unpaired) electrons. The van der Waals surface area contributed by atoms with Gasteiger partial charge >= 0.3 is 0 Å². The summed E-state index contributed by atoms with van der Waals surface area (Å²) in [6, 6.07) is 15.3. The van der Waals surface area contributed by atoms with Gasteiger partial charge in [0, 0.05) is 22.6 Å². The fraction of sp³-hybridized carbons (Fsp3) is 0.0526. The van der Waals surface area contributed by atoms with Crippen LogP contribution in [0.15, 0.2) is 70.4 Å². The lowest BCUT2D eigenvalue weighted by atomic mass is 10.1. The highest BCUT2D eigenvalue weighted by atomic mass is 35.5. The number of nitrogens with zero attached hydrogens (tertiary/aromatic N) is 2. The molecule has 0 fully saturated rings. The smallest absolute Gasteiger partial charge is 0.182 e. The van der Waals surface area contributed by atoms with Crippen molar-refractivity contribution in [3.05, 3.63) is 82.3 Å². The van der Waals surface area contributed by atoms with Crippen LogP contribution in [-0.2, 0) is 0 Å². The molecule has 0 aliphatic carbocycles. The topological polar surface area (TPSA) is 38.4 Å². The number of benzene rings is 2. The Bertz CT molecular complexity index is 959. The van der Waals surface area contributed by atoms with E-state index >= 15 is 0 Å². The number of rotatable bonds is 3. The van der Waals surface area contributed by atoms with Gasteiger partial charge in [0.05, 0.1) is 16.4 Å². The molecule has 3 aromatic rings. The van der Waals surface area contributed by atoms with Gasteiger partial charge in [-0.1, -0.05) is 59.6 Å². The Hall–Kier alpha value is -2.36. The van der Waals surface area contributed by atoms with Gasteiger partial charge in [0.2, 0.25) is 0 Å². The molecule has 0 unspecified atom stereocenters. The van der Waals surface area contributed by atoms with E-state index in [0.717, 1.165) is 34.0 Å². The molecule has 2 heterocycles. The van der Waals surface area contributed by atoms with Crippen LogP contribution in [0.3, 0.4) is 0 Å². The van der Waals surface area contributed by atoms with Gasteiger partial charge in [0.15, 0.2) is 12.2 Å². The molecule has 1 aromatic heterocycles. The van der Waals surface area contributed by atoms with E-state index in [-0.39, 0.29) is 0 Å². The summed E-state index contributed by atoms with van der Waals surface area (Å²) in [5, 5.41) is 1.19. The summed E-state index contributed by atoms with van der Waals surface area (Å²) >= 11 is 12.2. The quantitative estimate of drug-likeness (QED) is 0.588. The highest BCUT2D eigenvalue weighted by Gasteiger charge is 2.20. The molecule has 3 nitrogen and oxygen atoms in total. The highest BCUT2D eigenvalue weighted by molar-refractivity contribution is 6.35. The molecule has 24 heavy (non-hydrogen) atoms. The first kappa shape index (κ1) is 15.2. The molecular formula is C19H12Cl2N2O. The predicted octanol–water partition coefficient (Wildman–Crippen LogP) is 5.88. The summed E-state index contributed by atoms with van der Waals surface area (Å²) in [6.07, 6.45) is 4.17. The largest absolute Gasteiger partial charge is 0.443 e. The van der Waals surface area contributed by atoms with Crippen molar-refractivity contribution in [1.82, 2.24) is 4.98 Å². The Morgan fingerprint density at radius 2 is 1.83 bits per heavy atom. The van der Waals surface area contributed by atoms with Crippen molar-refractivity contribution in [2.24, 2.45) is 4.99 Å². The molecule has 1 aliphatic heterocycles. The molecular weight excluding hydrogens is 343 g/mol. The minimum absolute atomic E-state index is 0.585. The minimum Gasteiger partial charge on any atom is -0.443 e. The van der Waals surface area contributed by atoms with E-state index in [0.29, 0.717) is 16.5 Å². The van der Waals surface area contributed by atoms with Crippen molar-refractivity contribution in [2.45, 2.75) is 6.42 Å². The number of hydrogen-bond donors (Lipinski definition) is 0. The molecule has 0 spiro atoms. The summed E-state index contributed by atoms with van der Waals surface area (Å²) in [5.41, 5.74) is 4.29. The van der Waals surface area contributed by atoms with E-state index in [1.54, 1.807) is 6.07 Å². The van der Waals surface area contributed by atoms with Crippen LogP contribution in [0.2, 0.25) is 10.0 Å². The summed E-state index contributed by atoms with van der Waals surface area (Å²) < 4.78 is 5.58. The number of allylic oxidation sites excluding steroid dienone is 1. The molecule has 0 N–H and O–H groups in total. The second-order valence-electron chi connectivity index (χ2n) is 5.37. The van der Waals surface area contributed by atoms with Gasteiger partial charge in [-0.3, -0.25) is 4.99 Å². The lowest BCUT2D eigenvalue weighted by Crippen LogP contribution is -1.99. The zero-order valence-electron chi connectivity index (χ0n) is 12.5. The Labute approximate surface area is 149 Å². The Balaban J connectivity index is 1.70. The maximum Gasteiger partial charge on any atom is 0.182 e. The molecule has 0 saturated heterocycles. The van der Waals surface area contributed by atoms with Crippen LogP contribution in [0.5, 0.6) is 0 Å². The molecule has 1 aliphatic rings. The summed E-state index contributed by atoms with van der Waals surface area (Å²) in [5.74, 6) is 0.728. The second kappa shape index (κ2) is 6.27. The monoisotopic (exact) mass is 354 g/mol. The van der Waals surface area contributed by atoms with E-state index in [1.807, 2.05) is 48.5 Å². The zero-order chi connectivity index (χ0) is 16.5. The average molecular weight is 355 g/mol. The van der Waals surface area contributed by atoms with Gasteiger partial charge < -0.3 is 4.42 Å². The van der Waals surface area contributed by atoms with E-state index in [1.165, 1.54) is 6.39 Å². The van der Waals surface area contributed by atoms with Crippen molar-refractivity contribution in [1.29, 1.82) is 0 Å². The summed E-state index contributed by atoms with van der Waals surface area (Å²) in [7, 11) is 0. The standard InChI is InChI=1S/C19H12Cl2N2O/c20-13-6-7-14(15(21)10-13)16-8-9-17(23-16)18-19(24-11-22-18)12-4-2-1-3-5-12/h1-8,10-11H,9H2. The first-order valence-electron chi connectivity index (χ1n) is 7.45. The van der Waals surface area contributed by atoms with Gasteiger partial charge in [-0.25, -0.2) is 4.98 Å². The zero-order valence-corrected chi connectivity index (χ0v) is 14.1. The van der Waals surface area contributed by atoms with Crippen molar-refractivity contribution in [2.75, 3.05) is 0 Å². The van der Waals surface area contributed by atoms with Crippen LogP contribution in [0.4, 0.5) is 0 Å². The molecule has 5 heteroatoms. The van der Waals surface area contributed by atoms with Crippen molar-refractivity contribution in [3.63, 3.8) is 0 Å². The molecule has 4 rings (SSSR count). The van der Waals surface area contributed by atoms with Crippen molar-refractivity contribution < 1.29 is 4.42 Å². The van der Waals surface area contributed by atoms with Crippen LogP contribution in [0, 0.1) is 0 Å². The molecule has 0 amide bonds. The predicted molar refractivity (Wildman–Crippen MR) is 97.5 cm³/mol. The Morgan fingerprint density at radius 3 is 2.62 bits per heavy atom. The third-order valence-corrected chi connectivity index (χ3v) is 4.38. The lowest BCUT2D eigenvalue weighted by Gasteiger charge is -2.03. The maximum absolute atomic E-state index is 6.28. The van der Waals surface area contributed by atoms with E-state index in [4.69, 9.17) is 32.6 Å². The minimum atomic E-state index is 0.585. The average Bonchev–Trinajstić information content (AvgIpc) is 3.24. The van der Waals surface area contributed by atoms with Crippen LogP contribution < -0.4 is 0 Å². The fourth-order valence-corrected chi connectivity index (χ4v) is 3.20. The first-order chi connectivity index (χ1) is 11.7. The van der Waals surface area contributed by atoms with E-state index in [2.05, 4.69) is 4.98 Å². The van der Waals surface area contributed by atoms with Gasteiger partial charge in [-0.05, 0) is 18.2 Å². The van der Waals surface area contributed by atoms with Crippen molar-refractivity contribution in [3.8, 4) is 11.3 Å². The van der Waals surface area contributed by atoms with E-state index < -0.39 is 0 Å². The number of hydrogen-bond acceptors (Lipinski definition) is 3. The van der Waals surface area contributed by atoms with Gasteiger partial charge in [-0.2, -0.15) is 0 Å². The van der Waals surface area contributed by atoms with Gasteiger partial charge in [-0.15, -0.1) is 0 Å². The molecule has 0 atom stereocenters. The van der Waals surface area contributed by atoms with Gasteiger partial charge in [0.25, 0.3) is 0 Å². The number of aliphatic imine (C=N–C) groups is 1. The molecule has 0 saturated carbocycles. The van der Waals surface area contributed by atoms with Crippen LogP contribution in [0.1, 0.15) is 17.7 Å². The highest BCUT2D eigenvalue weighted by Crippen LogP contribution is 2.33. The van der Waals surface area contributed by atoms with E-state index in [9.17, 15) is 0 Å². The first-order valence-corrected chi connectivity index (χ1v) is 8.20. The number of aromatic nitrogens is 1. The van der Waals surface area contributed by atoms with Crippen LogP contribution >= 0.6 is 23.2 Å². The Morgan fingerprint density at radius 1 is 1.00 bits per heavy atom. The summed E-state index contributed by atoms with van der Waals surface area (Å²) in [4.78, 5) is 9.06. The maximum atomic E-state index is 6.28. The lowest BCUT2D eigenvalue weighted by molar-refractivity contribution is 0.572. The van der Waals surface area contributed by atoms with Gasteiger partial charge in [0.1, 0.15) is 5.69 Å². The third kappa shape index (κ3) is 2.77. The molecule has 2 aromatic carbocycles. The van der Waals surface area contributed by atoms with Crippen LogP contribution in [-0.4, -0.2) is 10.7 Å². The van der Waals surface area contributed by atoms with Crippen molar-refractivity contribution >= 4 is 34.6 Å². The van der Waals surface area contributed by atoms with Crippen LogP contribution in [0.25, 0.3) is 17.0 Å². The normalized spacial score (nSPS) is 13.8. The molecule has 0 bridgehead atoms. The second-order valence-corrected chi connectivity index (χ2v) is 6.22. The molecule has 118 valence electrons. The number of halogens is 2. The third-order valence-electron chi connectivity index (χ3n) is 3.83. The SMILES string of the molecule is Clc1ccc(C2=CCC(c3ncoc3-c3ccccc3)=N2)c(Cl)c1. The fourth-order valence-electron chi connectivity index (χ4n) is 2.69. The Kier molecular flexibility index (Phi) is 3.97.